The van der Waals surface area contributed by atoms with Crippen molar-refractivity contribution in [2.75, 3.05) is 13.2 Å². The van der Waals surface area contributed by atoms with E-state index in [1.165, 1.54) is 4.31 Å². The molecule has 0 aromatic heterocycles. The second-order valence-corrected chi connectivity index (χ2v) is 10.5. The molecule has 182 valence electrons. The summed E-state index contributed by atoms with van der Waals surface area (Å²) in [5.41, 5.74) is 8.09. The Morgan fingerprint density at radius 2 is 1.60 bits per heavy atom. The first-order valence-electron chi connectivity index (χ1n) is 11.2. The monoisotopic (exact) mass is 493 g/mol. The predicted molar refractivity (Wildman–Crippen MR) is 133 cm³/mol. The highest BCUT2D eigenvalue weighted by molar-refractivity contribution is 7.89. The van der Waals surface area contributed by atoms with Gasteiger partial charge in [0.15, 0.2) is 0 Å². The lowest BCUT2D eigenvalue weighted by atomic mass is 10.0. The van der Waals surface area contributed by atoms with E-state index in [1.54, 1.807) is 42.5 Å². The Kier molecular flexibility index (Phi) is 7.18. The number of nitrogen functional groups attached to an aromatic ring is 1. The number of hydrogen-bond donors (Lipinski definition) is 3. The maximum absolute atomic E-state index is 13.3. The van der Waals surface area contributed by atoms with Crippen molar-refractivity contribution in [3.05, 3.63) is 84.4 Å². The van der Waals surface area contributed by atoms with Gasteiger partial charge in [0.05, 0.1) is 10.9 Å². The number of hydrogen-bond acceptors (Lipinski definition) is 5. The van der Waals surface area contributed by atoms with E-state index < -0.39 is 22.0 Å². The molecule has 4 rings (SSSR count). The van der Waals surface area contributed by atoms with Gasteiger partial charge in [-0.2, -0.15) is 4.31 Å². The minimum atomic E-state index is -3.78. The second kappa shape index (κ2) is 10.3. The Bertz CT molecular complexity index is 1290. The number of benzene rings is 3. The molecule has 8 nitrogen and oxygen atoms in total. The lowest BCUT2D eigenvalue weighted by molar-refractivity contribution is -0.138. The molecule has 0 unspecified atom stereocenters. The molecule has 4 N–H and O–H groups in total. The van der Waals surface area contributed by atoms with E-state index in [9.17, 15) is 18.3 Å². The molecule has 0 saturated carbocycles. The van der Waals surface area contributed by atoms with Crippen molar-refractivity contribution in [3.63, 3.8) is 0 Å². The Balaban J connectivity index is 1.47. The van der Waals surface area contributed by atoms with E-state index in [4.69, 9.17) is 15.9 Å². The van der Waals surface area contributed by atoms with Gasteiger partial charge in [-0.15, -0.1) is 0 Å². The number of carboxylic acid groups (broad SMARTS) is 1. The molecule has 2 atom stereocenters. The third kappa shape index (κ3) is 5.70. The molecular weight excluding hydrogens is 466 g/mol. The zero-order valence-electron chi connectivity index (χ0n) is 19.0. The smallest absolute Gasteiger partial charge is 0.303 e. The SMILES string of the molecule is N=C(N)c1ccc(-c2ccc(OC[C@@H]3C[C@@H](CC(=O)O)CN3S(=O)(=O)c3ccccc3)cc2)cc1. The molecule has 3 aromatic rings. The van der Waals surface area contributed by atoms with Crippen molar-refractivity contribution in [1.82, 2.24) is 4.31 Å². The normalized spacial score (nSPS) is 18.3. The van der Waals surface area contributed by atoms with Crippen LogP contribution in [0.2, 0.25) is 0 Å². The number of nitrogens with two attached hydrogens (primary N) is 1. The first kappa shape index (κ1) is 24.4. The van der Waals surface area contributed by atoms with E-state index in [0.29, 0.717) is 17.7 Å². The van der Waals surface area contributed by atoms with Crippen LogP contribution >= 0.6 is 0 Å². The van der Waals surface area contributed by atoms with E-state index >= 15 is 0 Å². The first-order chi connectivity index (χ1) is 16.7. The maximum Gasteiger partial charge on any atom is 0.303 e. The molecule has 0 spiro atoms. The molecule has 0 aliphatic carbocycles. The maximum atomic E-state index is 13.3. The highest BCUT2D eigenvalue weighted by Crippen LogP contribution is 2.32. The summed E-state index contributed by atoms with van der Waals surface area (Å²) in [6, 6.07) is 22.5. The van der Waals surface area contributed by atoms with Crippen molar-refractivity contribution < 1.29 is 23.1 Å². The Morgan fingerprint density at radius 3 is 2.17 bits per heavy atom. The van der Waals surface area contributed by atoms with Crippen LogP contribution in [0.3, 0.4) is 0 Å². The summed E-state index contributed by atoms with van der Waals surface area (Å²) in [7, 11) is -3.78. The average molecular weight is 494 g/mol. The van der Waals surface area contributed by atoms with Gasteiger partial charge in [-0.3, -0.25) is 10.2 Å². The molecule has 1 aliphatic heterocycles. The van der Waals surface area contributed by atoms with Gasteiger partial charge in [0.2, 0.25) is 10.0 Å². The topological polar surface area (TPSA) is 134 Å². The molecule has 1 fully saturated rings. The minimum Gasteiger partial charge on any atom is -0.492 e. The number of carbonyl (C=O) groups is 1. The summed E-state index contributed by atoms with van der Waals surface area (Å²) in [5.74, 6) is -0.616. The van der Waals surface area contributed by atoms with Gasteiger partial charge in [-0.25, -0.2) is 8.42 Å². The highest BCUT2D eigenvalue weighted by Gasteiger charge is 2.41. The molecule has 1 aliphatic rings. The number of ether oxygens (including phenoxy) is 1. The quantitative estimate of drug-likeness (QED) is 0.308. The van der Waals surface area contributed by atoms with E-state index in [-0.39, 0.29) is 36.2 Å². The third-order valence-corrected chi connectivity index (χ3v) is 8.02. The largest absolute Gasteiger partial charge is 0.492 e. The van der Waals surface area contributed by atoms with Crippen LogP contribution in [-0.2, 0) is 14.8 Å². The van der Waals surface area contributed by atoms with Gasteiger partial charge >= 0.3 is 5.97 Å². The fraction of sp³-hybridized carbons (Fsp3) is 0.231. The number of rotatable bonds is 9. The molecular formula is C26H27N3O5S. The van der Waals surface area contributed by atoms with Crippen LogP contribution in [0.25, 0.3) is 11.1 Å². The fourth-order valence-corrected chi connectivity index (χ4v) is 6.05. The zero-order chi connectivity index (χ0) is 25.0. The van der Waals surface area contributed by atoms with E-state index in [1.807, 2.05) is 36.4 Å². The number of nitrogens with zero attached hydrogens (tertiary/aromatic N) is 1. The first-order valence-corrected chi connectivity index (χ1v) is 12.6. The summed E-state index contributed by atoms with van der Waals surface area (Å²) in [6.45, 7) is 0.265. The molecule has 0 radical (unpaired) electrons. The van der Waals surface area contributed by atoms with Gasteiger partial charge in [0, 0.05) is 18.5 Å². The van der Waals surface area contributed by atoms with Crippen LogP contribution in [0, 0.1) is 11.3 Å². The molecule has 0 amide bonds. The number of aliphatic carboxylic acids is 1. The summed E-state index contributed by atoms with van der Waals surface area (Å²) < 4.78 is 33.8. The standard InChI is InChI=1S/C26H27N3O5S/c27-26(28)21-8-6-19(7-9-21)20-10-12-23(13-11-20)34-17-22-14-18(15-25(30)31)16-29(22)35(32,33)24-4-2-1-3-5-24/h1-13,18,22H,14-17H2,(H3,27,28)(H,30,31)/t18-,22-/m0/s1. The van der Waals surface area contributed by atoms with Gasteiger partial charge in [-0.1, -0.05) is 54.6 Å². The lowest BCUT2D eigenvalue weighted by Crippen LogP contribution is -2.39. The minimum absolute atomic E-state index is 0.0149. The number of sulfonamides is 1. The zero-order valence-corrected chi connectivity index (χ0v) is 19.8. The Labute approximate surface area is 204 Å². The number of carboxylic acids is 1. The number of nitrogens with one attached hydrogen (secondary N) is 1. The number of amidine groups is 1. The van der Waals surface area contributed by atoms with Crippen molar-refractivity contribution in [3.8, 4) is 16.9 Å². The van der Waals surface area contributed by atoms with Gasteiger partial charge < -0.3 is 15.6 Å². The summed E-state index contributed by atoms with van der Waals surface area (Å²) >= 11 is 0. The molecule has 3 aromatic carbocycles. The predicted octanol–water partition coefficient (Wildman–Crippen LogP) is 3.57. The third-order valence-electron chi connectivity index (χ3n) is 6.09. The van der Waals surface area contributed by atoms with Crippen molar-refractivity contribution >= 4 is 21.8 Å². The van der Waals surface area contributed by atoms with E-state index in [0.717, 1.165) is 11.1 Å². The molecule has 1 heterocycles. The Hall–Kier alpha value is -3.69. The second-order valence-electron chi connectivity index (χ2n) is 8.57. The molecule has 9 heteroatoms. The molecule has 1 saturated heterocycles. The lowest BCUT2D eigenvalue weighted by Gasteiger charge is -2.24. The highest BCUT2D eigenvalue weighted by atomic mass is 32.2. The van der Waals surface area contributed by atoms with Crippen molar-refractivity contribution in [2.24, 2.45) is 11.7 Å². The van der Waals surface area contributed by atoms with Crippen LogP contribution in [0.5, 0.6) is 5.75 Å². The summed E-state index contributed by atoms with van der Waals surface area (Å²) in [5, 5.41) is 16.7. The summed E-state index contributed by atoms with van der Waals surface area (Å²) in [4.78, 5) is 11.4. The molecule has 35 heavy (non-hydrogen) atoms. The van der Waals surface area contributed by atoms with Crippen molar-refractivity contribution in [1.29, 1.82) is 5.41 Å². The van der Waals surface area contributed by atoms with Gasteiger partial charge in [0.1, 0.15) is 18.2 Å². The van der Waals surface area contributed by atoms with Crippen LogP contribution in [-0.4, -0.2) is 48.8 Å². The van der Waals surface area contributed by atoms with Gasteiger partial charge in [0.25, 0.3) is 0 Å². The van der Waals surface area contributed by atoms with Crippen molar-refractivity contribution in [2.45, 2.75) is 23.8 Å². The van der Waals surface area contributed by atoms with Gasteiger partial charge in [-0.05, 0) is 47.7 Å². The van der Waals surface area contributed by atoms with Crippen LogP contribution in [0.1, 0.15) is 18.4 Å². The van der Waals surface area contributed by atoms with E-state index in [2.05, 4.69) is 0 Å². The summed E-state index contributed by atoms with van der Waals surface area (Å²) in [6.07, 6.45) is 0.327. The Morgan fingerprint density at radius 1 is 1.00 bits per heavy atom. The fourth-order valence-electron chi connectivity index (χ4n) is 4.33. The average Bonchev–Trinajstić information content (AvgIpc) is 3.26. The van der Waals surface area contributed by atoms with Crippen LogP contribution in [0.4, 0.5) is 0 Å². The van der Waals surface area contributed by atoms with Crippen LogP contribution < -0.4 is 10.5 Å². The van der Waals surface area contributed by atoms with Crippen LogP contribution in [0.15, 0.2) is 83.8 Å². The molecule has 0 bridgehead atoms.